The molecule has 5 saturated carbocycles. The molecule has 6 bridgehead atoms. The molecule has 0 aromatic carbocycles. The Morgan fingerprint density at radius 2 is 1.74 bits per heavy atom. The van der Waals surface area contributed by atoms with Crippen LogP contribution in [0, 0.1) is 64.6 Å². The molecule has 124 valence electrons. The van der Waals surface area contributed by atoms with Crippen molar-refractivity contribution in [2.75, 3.05) is 7.11 Å². The van der Waals surface area contributed by atoms with Crippen LogP contribution in [-0.2, 0) is 9.53 Å². The molecule has 0 amide bonds. The minimum atomic E-state index is -0.131. The zero-order valence-electron chi connectivity index (χ0n) is 14.3. The van der Waals surface area contributed by atoms with Gasteiger partial charge >= 0.3 is 5.97 Å². The van der Waals surface area contributed by atoms with Crippen LogP contribution in [0.3, 0.4) is 0 Å². The smallest absolute Gasteiger partial charge is 0.312 e. The van der Waals surface area contributed by atoms with Crippen molar-refractivity contribution in [2.24, 2.45) is 64.6 Å². The molecule has 11 atom stereocenters. The number of hydrogen-bond donors (Lipinski definition) is 0. The number of rotatable bonds is 2. The molecular formula is C21H28O2. The average Bonchev–Trinajstić information content (AvgIpc) is 3.38. The molecule has 2 nitrogen and oxygen atoms in total. The summed E-state index contributed by atoms with van der Waals surface area (Å²) in [6.45, 7) is 2.23. The number of carbonyl (C=O) groups excluding carboxylic acids is 1. The standard InChI is InChI=1S/C21H28O2/c1-3-21(20(22)23-2)9-12-7-15(21)19-14-8-13(18(12)19)16-10-4-5-11(6-10)17(14)16/h4-5,10-19H,3,6-9H2,1-2H3/t10?,11?,12?,13-,14?,15?,16?,17?,18?,19?,21?/m1/s1. The number of carbonyl (C=O) groups is 1. The molecule has 0 radical (unpaired) electrons. The van der Waals surface area contributed by atoms with E-state index in [1.165, 1.54) is 19.3 Å². The fourth-order valence-electron chi connectivity index (χ4n) is 9.42. The van der Waals surface area contributed by atoms with Gasteiger partial charge in [0.25, 0.3) is 0 Å². The number of methoxy groups -OCH3 is 1. The summed E-state index contributed by atoms with van der Waals surface area (Å²) < 4.78 is 5.30. The minimum Gasteiger partial charge on any atom is -0.469 e. The third-order valence-corrected chi connectivity index (χ3v) is 9.67. The van der Waals surface area contributed by atoms with Gasteiger partial charge in [0.15, 0.2) is 0 Å². The fraction of sp³-hybridized carbons (Fsp3) is 0.857. The van der Waals surface area contributed by atoms with E-state index in [2.05, 4.69) is 19.1 Å². The van der Waals surface area contributed by atoms with E-state index in [9.17, 15) is 4.79 Å². The van der Waals surface area contributed by atoms with Crippen molar-refractivity contribution in [3.8, 4) is 0 Å². The highest BCUT2D eigenvalue weighted by atomic mass is 16.5. The Bertz CT molecular complexity index is 609. The molecule has 0 aromatic heterocycles. The first-order chi connectivity index (χ1) is 11.2. The molecule has 6 aliphatic carbocycles. The molecule has 0 heterocycles. The Labute approximate surface area is 139 Å². The molecule has 0 saturated heterocycles. The van der Waals surface area contributed by atoms with Gasteiger partial charge in [-0.3, -0.25) is 4.79 Å². The van der Waals surface area contributed by atoms with Crippen LogP contribution in [0.4, 0.5) is 0 Å². The molecule has 0 spiro atoms. The molecule has 5 fully saturated rings. The van der Waals surface area contributed by atoms with Gasteiger partial charge < -0.3 is 4.74 Å². The quantitative estimate of drug-likeness (QED) is 0.439. The Kier molecular flexibility index (Phi) is 2.38. The van der Waals surface area contributed by atoms with Crippen LogP contribution in [0.25, 0.3) is 0 Å². The van der Waals surface area contributed by atoms with Crippen molar-refractivity contribution >= 4 is 5.97 Å². The molecule has 0 aromatic rings. The number of allylic oxidation sites excluding steroid dienone is 2. The van der Waals surface area contributed by atoms with Crippen molar-refractivity contribution < 1.29 is 9.53 Å². The van der Waals surface area contributed by atoms with Gasteiger partial charge in [-0.1, -0.05) is 19.1 Å². The second kappa shape index (κ2) is 4.06. The van der Waals surface area contributed by atoms with Crippen molar-refractivity contribution in [1.29, 1.82) is 0 Å². The lowest BCUT2D eigenvalue weighted by Crippen LogP contribution is -2.48. The lowest BCUT2D eigenvalue weighted by molar-refractivity contribution is -0.161. The van der Waals surface area contributed by atoms with Crippen molar-refractivity contribution in [1.82, 2.24) is 0 Å². The van der Waals surface area contributed by atoms with Gasteiger partial charge in [0.2, 0.25) is 0 Å². The second-order valence-corrected chi connectivity index (χ2v) is 9.63. The van der Waals surface area contributed by atoms with E-state index in [0.29, 0.717) is 5.92 Å². The van der Waals surface area contributed by atoms with Gasteiger partial charge in [0.1, 0.15) is 0 Å². The molecule has 0 N–H and O–H groups in total. The number of ether oxygens (including phenoxy) is 1. The SMILES string of the molecule is CCC1(C(=O)OC)CC2CC1C1C3C[C@H](C4C5C=CC(C5)C34)C21. The summed E-state index contributed by atoms with van der Waals surface area (Å²) in [4.78, 5) is 12.7. The first-order valence-corrected chi connectivity index (χ1v) is 9.96. The van der Waals surface area contributed by atoms with Crippen LogP contribution >= 0.6 is 0 Å². The number of hydrogen-bond acceptors (Lipinski definition) is 2. The normalized spacial score (nSPS) is 62.9. The largest absolute Gasteiger partial charge is 0.469 e. The van der Waals surface area contributed by atoms with Gasteiger partial charge in [0, 0.05) is 0 Å². The molecule has 23 heavy (non-hydrogen) atoms. The Hall–Kier alpha value is -0.790. The molecule has 2 heteroatoms. The predicted molar refractivity (Wildman–Crippen MR) is 87.2 cm³/mol. The molecule has 10 unspecified atom stereocenters. The molecule has 6 rings (SSSR count). The van der Waals surface area contributed by atoms with E-state index in [0.717, 1.165) is 66.1 Å². The van der Waals surface area contributed by atoms with E-state index in [1.54, 1.807) is 7.11 Å². The summed E-state index contributed by atoms with van der Waals surface area (Å²) in [6, 6.07) is 0. The van der Waals surface area contributed by atoms with E-state index in [1.807, 2.05) is 0 Å². The van der Waals surface area contributed by atoms with Gasteiger partial charge in [-0.25, -0.2) is 0 Å². The monoisotopic (exact) mass is 312 g/mol. The van der Waals surface area contributed by atoms with E-state index < -0.39 is 0 Å². The van der Waals surface area contributed by atoms with Crippen LogP contribution in [0.1, 0.15) is 39.0 Å². The highest BCUT2D eigenvalue weighted by molar-refractivity contribution is 5.78. The summed E-state index contributed by atoms with van der Waals surface area (Å²) >= 11 is 0. The summed E-state index contributed by atoms with van der Waals surface area (Å²) in [5.41, 5.74) is -0.131. The highest BCUT2D eigenvalue weighted by Crippen LogP contribution is 2.78. The van der Waals surface area contributed by atoms with Crippen LogP contribution in [0.2, 0.25) is 0 Å². The van der Waals surface area contributed by atoms with E-state index >= 15 is 0 Å². The highest BCUT2D eigenvalue weighted by Gasteiger charge is 2.74. The van der Waals surface area contributed by atoms with Gasteiger partial charge in [-0.2, -0.15) is 0 Å². The second-order valence-electron chi connectivity index (χ2n) is 9.63. The average molecular weight is 312 g/mol. The topological polar surface area (TPSA) is 26.3 Å². The molecule has 6 aliphatic rings. The van der Waals surface area contributed by atoms with Crippen LogP contribution in [0.15, 0.2) is 12.2 Å². The zero-order valence-corrected chi connectivity index (χ0v) is 14.3. The van der Waals surface area contributed by atoms with Gasteiger partial charge in [-0.05, 0) is 91.3 Å². The third-order valence-electron chi connectivity index (χ3n) is 9.67. The first-order valence-electron chi connectivity index (χ1n) is 9.96. The Balaban J connectivity index is 1.40. The maximum atomic E-state index is 12.7. The molecule has 0 aliphatic heterocycles. The Morgan fingerprint density at radius 1 is 1.04 bits per heavy atom. The maximum Gasteiger partial charge on any atom is 0.312 e. The predicted octanol–water partition coefficient (Wildman–Crippen LogP) is 3.92. The van der Waals surface area contributed by atoms with E-state index in [4.69, 9.17) is 4.74 Å². The number of fused-ring (bicyclic) bond motifs is 16. The summed E-state index contributed by atoms with van der Waals surface area (Å²) in [5.74, 6) is 9.10. The lowest BCUT2D eigenvalue weighted by Gasteiger charge is -2.49. The van der Waals surface area contributed by atoms with Crippen LogP contribution < -0.4 is 0 Å². The van der Waals surface area contributed by atoms with Crippen LogP contribution in [0.5, 0.6) is 0 Å². The lowest BCUT2D eigenvalue weighted by atomic mass is 9.55. The summed E-state index contributed by atoms with van der Waals surface area (Å²) in [6.07, 6.45) is 11.5. The van der Waals surface area contributed by atoms with Gasteiger partial charge in [-0.15, -0.1) is 0 Å². The third kappa shape index (κ3) is 1.28. The Morgan fingerprint density at radius 3 is 2.39 bits per heavy atom. The number of esters is 1. The van der Waals surface area contributed by atoms with Gasteiger partial charge in [0.05, 0.1) is 12.5 Å². The minimum absolute atomic E-state index is 0.109. The fourth-order valence-corrected chi connectivity index (χ4v) is 9.42. The van der Waals surface area contributed by atoms with Crippen molar-refractivity contribution in [2.45, 2.75) is 39.0 Å². The molecular weight excluding hydrogens is 284 g/mol. The van der Waals surface area contributed by atoms with Crippen LogP contribution in [-0.4, -0.2) is 13.1 Å². The maximum absolute atomic E-state index is 12.7. The zero-order chi connectivity index (χ0) is 15.5. The first kappa shape index (κ1) is 13.5. The van der Waals surface area contributed by atoms with Crippen molar-refractivity contribution in [3.63, 3.8) is 0 Å². The van der Waals surface area contributed by atoms with Crippen molar-refractivity contribution in [3.05, 3.63) is 12.2 Å². The summed E-state index contributed by atoms with van der Waals surface area (Å²) in [5, 5.41) is 0. The van der Waals surface area contributed by atoms with E-state index in [-0.39, 0.29) is 11.4 Å². The summed E-state index contributed by atoms with van der Waals surface area (Å²) in [7, 11) is 1.60.